The smallest absolute Gasteiger partial charge is 0.115 e. The largest absolute Gasteiger partial charge is 0.377 e. The van der Waals surface area contributed by atoms with Crippen LogP contribution in [0.4, 0.5) is 5.00 Å². The van der Waals surface area contributed by atoms with Gasteiger partial charge in [-0.15, -0.1) is 11.3 Å². The van der Waals surface area contributed by atoms with Gasteiger partial charge in [-0.25, -0.2) is 4.98 Å². The van der Waals surface area contributed by atoms with Crippen molar-refractivity contribution >= 4 is 16.3 Å². The second kappa shape index (κ2) is 2.69. The highest BCUT2D eigenvalue weighted by Crippen LogP contribution is 2.36. The van der Waals surface area contributed by atoms with E-state index in [1.165, 1.54) is 15.7 Å². The van der Waals surface area contributed by atoms with Gasteiger partial charge in [0.1, 0.15) is 5.00 Å². The molecule has 0 N–H and O–H groups in total. The number of thiazole rings is 1. The number of rotatable bonds is 1. The molecule has 4 heteroatoms. The van der Waals surface area contributed by atoms with Crippen LogP contribution in [0.1, 0.15) is 10.7 Å². The van der Waals surface area contributed by atoms with E-state index < -0.39 is 0 Å². The first kappa shape index (κ1) is 7.76. The van der Waals surface area contributed by atoms with Crippen molar-refractivity contribution in [3.8, 4) is 0 Å². The molecule has 0 atom stereocenters. The molecule has 70 valence electrons. The van der Waals surface area contributed by atoms with E-state index in [2.05, 4.69) is 16.8 Å². The molecular formula is C9H12N2OS. The summed E-state index contributed by atoms with van der Waals surface area (Å²) in [7, 11) is 0. The molecule has 1 aromatic heterocycles. The summed E-state index contributed by atoms with van der Waals surface area (Å²) >= 11 is 1.82. The summed E-state index contributed by atoms with van der Waals surface area (Å²) in [5.74, 6) is 0. The van der Waals surface area contributed by atoms with E-state index in [4.69, 9.17) is 4.74 Å². The molecule has 2 aliphatic rings. The molecule has 3 heterocycles. The number of aryl methyl sites for hydroxylation is 1. The van der Waals surface area contributed by atoms with Crippen molar-refractivity contribution in [1.29, 1.82) is 0 Å². The molecule has 0 unspecified atom stereocenters. The third-order valence-electron chi connectivity index (χ3n) is 2.70. The second-order valence-electron chi connectivity index (χ2n) is 3.62. The zero-order valence-corrected chi connectivity index (χ0v) is 8.43. The lowest BCUT2D eigenvalue weighted by molar-refractivity contribution is 0.00907. The lowest BCUT2D eigenvalue weighted by Gasteiger charge is -2.35. The van der Waals surface area contributed by atoms with Crippen molar-refractivity contribution < 1.29 is 4.74 Å². The molecule has 0 saturated carbocycles. The Hall–Kier alpha value is -0.610. The predicted octanol–water partition coefficient (Wildman–Crippen LogP) is 1.21. The lowest BCUT2D eigenvalue weighted by atomic mass is 10.2. The van der Waals surface area contributed by atoms with Crippen LogP contribution in [0.3, 0.4) is 0 Å². The maximum Gasteiger partial charge on any atom is 0.115 e. The summed E-state index contributed by atoms with van der Waals surface area (Å²) in [6.45, 7) is 5.02. The Bertz CT molecular complexity index is 332. The molecule has 1 saturated heterocycles. The van der Waals surface area contributed by atoms with Gasteiger partial charge in [-0.3, -0.25) is 0 Å². The van der Waals surface area contributed by atoms with Crippen LogP contribution in [0.25, 0.3) is 0 Å². The topological polar surface area (TPSA) is 25.4 Å². The van der Waals surface area contributed by atoms with Gasteiger partial charge in [0.2, 0.25) is 0 Å². The number of hydrogen-bond acceptors (Lipinski definition) is 4. The van der Waals surface area contributed by atoms with Gasteiger partial charge in [0.05, 0.1) is 30.0 Å². The van der Waals surface area contributed by atoms with Crippen molar-refractivity contribution in [2.45, 2.75) is 19.4 Å². The van der Waals surface area contributed by atoms with E-state index >= 15 is 0 Å². The van der Waals surface area contributed by atoms with E-state index in [0.717, 1.165) is 26.2 Å². The average molecular weight is 196 g/mol. The summed E-state index contributed by atoms with van der Waals surface area (Å²) in [4.78, 5) is 6.98. The quantitative estimate of drug-likeness (QED) is 0.675. The molecular weight excluding hydrogens is 184 g/mol. The first-order chi connectivity index (χ1) is 6.34. The van der Waals surface area contributed by atoms with E-state index in [9.17, 15) is 0 Å². The van der Waals surface area contributed by atoms with Gasteiger partial charge in [-0.2, -0.15) is 0 Å². The minimum Gasteiger partial charge on any atom is -0.377 e. The van der Waals surface area contributed by atoms with Crippen LogP contribution in [-0.4, -0.2) is 30.8 Å². The number of fused-ring (bicyclic) bond motifs is 1. The Morgan fingerprint density at radius 3 is 3.08 bits per heavy atom. The number of ether oxygens (including phenoxy) is 1. The average Bonchev–Trinajstić information content (AvgIpc) is 2.47. The number of anilines is 1. The third-order valence-corrected chi connectivity index (χ3v) is 3.75. The predicted molar refractivity (Wildman–Crippen MR) is 52.5 cm³/mol. The van der Waals surface area contributed by atoms with Gasteiger partial charge in [0.15, 0.2) is 0 Å². The first-order valence-corrected chi connectivity index (χ1v) is 5.47. The molecule has 0 radical (unpaired) electrons. The molecule has 3 nitrogen and oxygen atoms in total. The minimum atomic E-state index is 0.626. The Balaban J connectivity index is 1.91. The molecule has 0 bridgehead atoms. The van der Waals surface area contributed by atoms with Gasteiger partial charge in [-0.05, 0) is 6.92 Å². The van der Waals surface area contributed by atoms with Crippen LogP contribution < -0.4 is 4.90 Å². The molecule has 0 spiro atoms. The zero-order valence-electron chi connectivity index (χ0n) is 7.62. The number of nitrogens with zero attached hydrogens (tertiary/aromatic N) is 2. The highest BCUT2D eigenvalue weighted by molar-refractivity contribution is 7.15. The fourth-order valence-corrected chi connectivity index (χ4v) is 2.99. The molecule has 1 fully saturated rings. The normalized spacial score (nSPS) is 21.8. The molecule has 3 rings (SSSR count). The highest BCUT2D eigenvalue weighted by atomic mass is 32.1. The molecule has 2 aliphatic heterocycles. The maximum atomic E-state index is 5.21. The molecule has 0 amide bonds. The van der Waals surface area contributed by atoms with Crippen molar-refractivity contribution in [2.75, 3.05) is 24.7 Å². The van der Waals surface area contributed by atoms with Gasteiger partial charge in [0, 0.05) is 13.0 Å². The maximum absolute atomic E-state index is 5.21. The van der Waals surface area contributed by atoms with Crippen LogP contribution in [-0.2, 0) is 11.2 Å². The molecule has 0 aromatic carbocycles. The van der Waals surface area contributed by atoms with Crippen LogP contribution >= 0.6 is 11.3 Å². The van der Waals surface area contributed by atoms with Gasteiger partial charge >= 0.3 is 0 Å². The summed E-state index contributed by atoms with van der Waals surface area (Å²) in [5, 5.41) is 2.58. The standard InChI is InChI=1S/C9H12N2OS/c1-6-10-8-2-3-11(9(8)13-6)7-4-12-5-7/h7H,2-5H2,1H3. The van der Waals surface area contributed by atoms with Crippen molar-refractivity contribution in [1.82, 2.24) is 4.98 Å². The summed E-state index contributed by atoms with van der Waals surface area (Å²) in [6.07, 6.45) is 1.12. The third kappa shape index (κ3) is 1.09. The monoisotopic (exact) mass is 196 g/mol. The molecule has 0 aliphatic carbocycles. The Morgan fingerprint density at radius 1 is 1.54 bits per heavy atom. The van der Waals surface area contributed by atoms with E-state index in [1.54, 1.807) is 0 Å². The van der Waals surface area contributed by atoms with E-state index in [1.807, 2.05) is 11.3 Å². The van der Waals surface area contributed by atoms with Crippen molar-refractivity contribution in [3.63, 3.8) is 0 Å². The molecule has 1 aromatic rings. The molecule has 13 heavy (non-hydrogen) atoms. The fourth-order valence-electron chi connectivity index (χ4n) is 1.93. The number of aromatic nitrogens is 1. The van der Waals surface area contributed by atoms with Crippen LogP contribution in [0.15, 0.2) is 0 Å². The van der Waals surface area contributed by atoms with Crippen LogP contribution in [0.2, 0.25) is 0 Å². The van der Waals surface area contributed by atoms with Crippen LogP contribution in [0, 0.1) is 6.92 Å². The van der Waals surface area contributed by atoms with Crippen molar-refractivity contribution in [2.24, 2.45) is 0 Å². The van der Waals surface area contributed by atoms with E-state index in [0.29, 0.717) is 6.04 Å². The number of hydrogen-bond donors (Lipinski definition) is 0. The fraction of sp³-hybridized carbons (Fsp3) is 0.667. The van der Waals surface area contributed by atoms with Crippen molar-refractivity contribution in [3.05, 3.63) is 10.7 Å². The minimum absolute atomic E-state index is 0.626. The lowest BCUT2D eigenvalue weighted by Crippen LogP contribution is -2.48. The second-order valence-corrected chi connectivity index (χ2v) is 4.80. The first-order valence-electron chi connectivity index (χ1n) is 4.65. The van der Waals surface area contributed by atoms with Gasteiger partial charge in [-0.1, -0.05) is 0 Å². The van der Waals surface area contributed by atoms with E-state index in [-0.39, 0.29) is 0 Å². The summed E-state index contributed by atoms with van der Waals surface area (Å²) in [6, 6.07) is 0.626. The van der Waals surface area contributed by atoms with Gasteiger partial charge in [0.25, 0.3) is 0 Å². The van der Waals surface area contributed by atoms with Crippen LogP contribution in [0.5, 0.6) is 0 Å². The SMILES string of the molecule is Cc1nc2c(s1)N(C1COC1)CC2. The zero-order chi connectivity index (χ0) is 8.84. The Morgan fingerprint density at radius 2 is 2.38 bits per heavy atom. The summed E-state index contributed by atoms with van der Waals surface area (Å²) < 4.78 is 5.21. The summed E-state index contributed by atoms with van der Waals surface area (Å²) in [5.41, 5.74) is 1.30. The Kier molecular flexibility index (Phi) is 1.60. The highest BCUT2D eigenvalue weighted by Gasteiger charge is 2.32. The Labute approximate surface area is 81.3 Å². The van der Waals surface area contributed by atoms with Gasteiger partial charge < -0.3 is 9.64 Å².